The lowest BCUT2D eigenvalue weighted by molar-refractivity contribution is 0.0924. The predicted octanol–water partition coefficient (Wildman–Crippen LogP) is 5.06. The zero-order valence-electron chi connectivity index (χ0n) is 14.8. The summed E-state index contributed by atoms with van der Waals surface area (Å²) >= 11 is 3.42. The maximum Gasteiger partial charge on any atom is 0.271 e. The number of benzene rings is 1. The molecule has 0 aliphatic heterocycles. The Kier molecular flexibility index (Phi) is 6.60. The van der Waals surface area contributed by atoms with E-state index in [1.807, 2.05) is 6.92 Å². The van der Waals surface area contributed by atoms with Crippen molar-refractivity contribution < 1.29 is 4.79 Å². The molecule has 0 aliphatic carbocycles. The first-order chi connectivity index (χ1) is 11.5. The molecule has 4 nitrogen and oxygen atoms in total. The highest BCUT2D eigenvalue weighted by Gasteiger charge is 2.20. The van der Waals surface area contributed by atoms with Crippen molar-refractivity contribution in [3.63, 3.8) is 0 Å². The summed E-state index contributed by atoms with van der Waals surface area (Å²) in [5.41, 5.74) is 3.05. The summed E-state index contributed by atoms with van der Waals surface area (Å²) in [6, 6.07) is 8.59. The number of aryl methyl sites for hydroxylation is 1. The summed E-state index contributed by atoms with van der Waals surface area (Å²) in [4.78, 5) is 12.7. The number of hydrogen-bond acceptors (Lipinski definition) is 2. The lowest BCUT2D eigenvalue weighted by atomic mass is 9.95. The minimum atomic E-state index is -0.0981. The van der Waals surface area contributed by atoms with Gasteiger partial charge in [-0.15, -0.1) is 0 Å². The summed E-state index contributed by atoms with van der Waals surface area (Å²) in [6.45, 7) is 9.15. The number of aromatic nitrogens is 2. The SMILES string of the molecule is CCC(C)c1ccc(C(CC)NC(=O)c2c(Br)cnn2CC)cc1. The first-order valence-corrected chi connectivity index (χ1v) is 9.43. The summed E-state index contributed by atoms with van der Waals surface area (Å²) in [6.07, 6.45) is 3.63. The van der Waals surface area contributed by atoms with E-state index < -0.39 is 0 Å². The van der Waals surface area contributed by atoms with Gasteiger partial charge in [-0.2, -0.15) is 5.10 Å². The molecule has 1 amide bonds. The fourth-order valence-corrected chi connectivity index (χ4v) is 3.24. The molecule has 0 bridgehead atoms. The molecule has 1 N–H and O–H groups in total. The van der Waals surface area contributed by atoms with E-state index in [2.05, 4.69) is 71.4 Å². The summed E-state index contributed by atoms with van der Waals surface area (Å²) < 4.78 is 2.43. The van der Waals surface area contributed by atoms with E-state index in [-0.39, 0.29) is 11.9 Å². The maximum absolute atomic E-state index is 12.7. The highest BCUT2D eigenvalue weighted by Crippen LogP contribution is 2.24. The van der Waals surface area contributed by atoms with E-state index in [1.54, 1.807) is 10.9 Å². The highest BCUT2D eigenvalue weighted by atomic mass is 79.9. The molecule has 0 saturated carbocycles. The van der Waals surface area contributed by atoms with Gasteiger partial charge < -0.3 is 5.32 Å². The van der Waals surface area contributed by atoms with Gasteiger partial charge in [0.1, 0.15) is 5.69 Å². The van der Waals surface area contributed by atoms with E-state index in [4.69, 9.17) is 0 Å². The van der Waals surface area contributed by atoms with Gasteiger partial charge >= 0.3 is 0 Å². The topological polar surface area (TPSA) is 46.9 Å². The van der Waals surface area contributed by atoms with Crippen LogP contribution in [0.15, 0.2) is 34.9 Å². The van der Waals surface area contributed by atoms with Gasteiger partial charge in [0.25, 0.3) is 5.91 Å². The Bertz CT molecular complexity index is 678. The Hall–Kier alpha value is -1.62. The molecule has 130 valence electrons. The van der Waals surface area contributed by atoms with Gasteiger partial charge in [0, 0.05) is 6.54 Å². The Balaban J connectivity index is 2.17. The zero-order valence-corrected chi connectivity index (χ0v) is 16.4. The molecule has 24 heavy (non-hydrogen) atoms. The lowest BCUT2D eigenvalue weighted by Crippen LogP contribution is -2.30. The molecule has 2 rings (SSSR count). The number of halogens is 1. The van der Waals surface area contributed by atoms with Gasteiger partial charge in [-0.1, -0.05) is 45.0 Å². The molecular weight excluding hydrogens is 366 g/mol. The van der Waals surface area contributed by atoms with Crippen LogP contribution >= 0.6 is 15.9 Å². The van der Waals surface area contributed by atoms with Gasteiger partial charge in [0.05, 0.1) is 16.7 Å². The minimum Gasteiger partial charge on any atom is -0.344 e. The van der Waals surface area contributed by atoms with Gasteiger partial charge in [-0.05, 0) is 52.7 Å². The third-order valence-electron chi connectivity index (χ3n) is 4.54. The quantitative estimate of drug-likeness (QED) is 0.716. The normalized spacial score (nSPS) is 13.5. The zero-order chi connectivity index (χ0) is 17.7. The molecule has 5 heteroatoms. The third-order valence-corrected chi connectivity index (χ3v) is 5.12. The molecule has 1 aromatic carbocycles. The van der Waals surface area contributed by atoms with Crippen LogP contribution in [0.5, 0.6) is 0 Å². The third kappa shape index (κ3) is 4.07. The van der Waals surface area contributed by atoms with E-state index in [0.29, 0.717) is 18.2 Å². The monoisotopic (exact) mass is 391 g/mol. The molecule has 0 fully saturated rings. The second-order valence-electron chi connectivity index (χ2n) is 6.07. The average Bonchev–Trinajstić information content (AvgIpc) is 2.99. The molecule has 2 aromatic rings. The van der Waals surface area contributed by atoms with Crippen LogP contribution in [0.25, 0.3) is 0 Å². The van der Waals surface area contributed by atoms with Crippen molar-refractivity contribution in [2.24, 2.45) is 0 Å². The van der Waals surface area contributed by atoms with Crippen molar-refractivity contribution in [3.05, 3.63) is 51.8 Å². The van der Waals surface area contributed by atoms with Gasteiger partial charge in [-0.25, -0.2) is 0 Å². The van der Waals surface area contributed by atoms with Crippen LogP contribution in [0.2, 0.25) is 0 Å². The highest BCUT2D eigenvalue weighted by molar-refractivity contribution is 9.10. The average molecular weight is 392 g/mol. The Morgan fingerprint density at radius 1 is 1.17 bits per heavy atom. The van der Waals surface area contributed by atoms with Crippen LogP contribution in [0.3, 0.4) is 0 Å². The molecule has 0 radical (unpaired) electrons. The van der Waals surface area contributed by atoms with Crippen LogP contribution in [-0.4, -0.2) is 15.7 Å². The van der Waals surface area contributed by atoms with Crippen molar-refractivity contribution in [1.29, 1.82) is 0 Å². The molecule has 0 aliphatic rings. The summed E-state index contributed by atoms with van der Waals surface area (Å²) in [5, 5.41) is 7.34. The molecule has 0 saturated heterocycles. The smallest absolute Gasteiger partial charge is 0.271 e. The first kappa shape index (κ1) is 18.7. The number of nitrogens with zero attached hydrogens (tertiary/aromatic N) is 2. The molecular formula is C19H26BrN3O. The molecule has 2 atom stereocenters. The largest absolute Gasteiger partial charge is 0.344 e. The van der Waals surface area contributed by atoms with Crippen molar-refractivity contribution in [1.82, 2.24) is 15.1 Å². The second-order valence-corrected chi connectivity index (χ2v) is 6.92. The Morgan fingerprint density at radius 3 is 2.33 bits per heavy atom. The van der Waals surface area contributed by atoms with Crippen LogP contribution in [-0.2, 0) is 6.54 Å². The number of nitrogens with one attached hydrogen (secondary N) is 1. The van der Waals surface area contributed by atoms with Gasteiger partial charge in [0.15, 0.2) is 0 Å². The van der Waals surface area contributed by atoms with Crippen LogP contribution in [0, 0.1) is 0 Å². The number of carbonyl (C=O) groups is 1. The number of carbonyl (C=O) groups excluding carboxylic acids is 1. The van der Waals surface area contributed by atoms with Crippen LogP contribution in [0.4, 0.5) is 0 Å². The van der Waals surface area contributed by atoms with Crippen molar-refractivity contribution in [2.75, 3.05) is 0 Å². The van der Waals surface area contributed by atoms with Crippen LogP contribution in [0.1, 0.15) is 74.1 Å². The fraction of sp³-hybridized carbons (Fsp3) is 0.474. The maximum atomic E-state index is 12.7. The second kappa shape index (κ2) is 8.47. The van der Waals surface area contributed by atoms with Crippen molar-refractivity contribution in [3.8, 4) is 0 Å². The van der Waals surface area contributed by atoms with E-state index in [1.165, 1.54) is 5.56 Å². The van der Waals surface area contributed by atoms with E-state index >= 15 is 0 Å². The predicted molar refractivity (Wildman–Crippen MR) is 101 cm³/mol. The fourth-order valence-electron chi connectivity index (χ4n) is 2.77. The van der Waals surface area contributed by atoms with Crippen molar-refractivity contribution >= 4 is 21.8 Å². The van der Waals surface area contributed by atoms with E-state index in [0.717, 1.165) is 22.9 Å². The summed E-state index contributed by atoms with van der Waals surface area (Å²) in [7, 11) is 0. The standard InChI is InChI=1S/C19H26BrN3O/c1-5-13(4)14-8-10-15(11-9-14)17(6-2)22-19(24)18-16(20)12-21-23(18)7-3/h8-13,17H,5-7H2,1-4H3,(H,22,24). The van der Waals surface area contributed by atoms with Gasteiger partial charge in [0.2, 0.25) is 0 Å². The lowest BCUT2D eigenvalue weighted by Gasteiger charge is -2.19. The molecule has 2 unspecified atom stereocenters. The minimum absolute atomic E-state index is 0.00408. The summed E-state index contributed by atoms with van der Waals surface area (Å²) in [5.74, 6) is 0.461. The van der Waals surface area contributed by atoms with Crippen LogP contribution < -0.4 is 5.32 Å². The Morgan fingerprint density at radius 2 is 1.79 bits per heavy atom. The molecule has 1 heterocycles. The molecule has 1 aromatic heterocycles. The number of amides is 1. The number of hydrogen-bond donors (Lipinski definition) is 1. The molecule has 0 spiro atoms. The van der Waals surface area contributed by atoms with Gasteiger partial charge in [-0.3, -0.25) is 9.48 Å². The number of rotatable bonds is 7. The van der Waals surface area contributed by atoms with Crippen molar-refractivity contribution in [2.45, 2.75) is 59.0 Å². The van der Waals surface area contributed by atoms with E-state index in [9.17, 15) is 4.79 Å². The Labute approximate surface area is 152 Å². The first-order valence-electron chi connectivity index (χ1n) is 8.63.